The SMILES string of the molecule is C=CC(=S)C1C2CCC3CC(n4cc(-c5ccc(C(=O)N(C)C[C@@H](C)/C(C)=C\C=N)cc5)c5c(NCC)ncnc54)CC3CC21. The van der Waals surface area contributed by atoms with Crippen molar-refractivity contribution in [1.82, 2.24) is 19.4 Å². The first-order chi connectivity index (χ1) is 21.7. The zero-order chi connectivity index (χ0) is 31.8. The van der Waals surface area contributed by atoms with Crippen LogP contribution in [-0.4, -0.2) is 56.6 Å². The van der Waals surface area contributed by atoms with Crippen LogP contribution >= 0.6 is 12.2 Å². The fourth-order valence-corrected chi connectivity index (χ4v) is 8.70. The lowest BCUT2D eigenvalue weighted by molar-refractivity contribution is 0.0782. The lowest BCUT2D eigenvalue weighted by Gasteiger charge is -2.22. The Labute approximate surface area is 272 Å². The van der Waals surface area contributed by atoms with Crippen LogP contribution in [-0.2, 0) is 0 Å². The third-order valence-corrected chi connectivity index (χ3v) is 11.4. The number of benzene rings is 1. The van der Waals surface area contributed by atoms with Crippen LogP contribution < -0.4 is 5.32 Å². The maximum Gasteiger partial charge on any atom is 0.253 e. The Balaban J connectivity index is 1.26. The highest BCUT2D eigenvalue weighted by molar-refractivity contribution is 7.80. The molecule has 1 amide bonds. The van der Waals surface area contributed by atoms with E-state index >= 15 is 0 Å². The minimum Gasteiger partial charge on any atom is -0.370 e. The third kappa shape index (κ3) is 6.01. The molecule has 1 aromatic carbocycles. The molecule has 3 fully saturated rings. The molecule has 0 aliphatic heterocycles. The summed E-state index contributed by atoms with van der Waals surface area (Å²) < 4.78 is 2.43. The average molecular weight is 623 g/mol. The molecule has 3 saturated carbocycles. The molecule has 2 heterocycles. The molecule has 3 aliphatic carbocycles. The molecule has 3 aliphatic rings. The van der Waals surface area contributed by atoms with Gasteiger partial charge in [-0.15, -0.1) is 0 Å². The number of anilines is 1. The molecular formula is C37H46N6OS. The molecule has 0 saturated heterocycles. The van der Waals surface area contributed by atoms with Crippen molar-refractivity contribution in [3.05, 3.63) is 66.7 Å². The number of amides is 1. The largest absolute Gasteiger partial charge is 0.370 e. The summed E-state index contributed by atoms with van der Waals surface area (Å²) in [5.41, 5.74) is 4.89. The van der Waals surface area contributed by atoms with Crippen LogP contribution in [0.25, 0.3) is 22.2 Å². The molecular weight excluding hydrogens is 577 g/mol. The molecule has 0 radical (unpaired) electrons. The Bertz CT molecular complexity index is 1640. The van der Waals surface area contributed by atoms with Gasteiger partial charge in [-0.05, 0) is 99.3 Å². The average Bonchev–Trinajstić information content (AvgIpc) is 3.42. The number of aromatic nitrogens is 3. The van der Waals surface area contributed by atoms with Crippen LogP contribution in [0.15, 0.2) is 61.1 Å². The highest BCUT2D eigenvalue weighted by Crippen LogP contribution is 2.61. The Morgan fingerprint density at radius 3 is 2.64 bits per heavy atom. The molecule has 0 bridgehead atoms. The Hall–Kier alpha value is -3.65. The summed E-state index contributed by atoms with van der Waals surface area (Å²) in [6, 6.07) is 8.38. The van der Waals surface area contributed by atoms with Gasteiger partial charge < -0.3 is 20.2 Å². The van der Waals surface area contributed by atoms with Crippen LogP contribution in [0.3, 0.4) is 0 Å². The van der Waals surface area contributed by atoms with E-state index in [1.165, 1.54) is 38.3 Å². The summed E-state index contributed by atoms with van der Waals surface area (Å²) in [6.45, 7) is 11.5. The topological polar surface area (TPSA) is 86.9 Å². The van der Waals surface area contributed by atoms with Gasteiger partial charge in [-0.1, -0.05) is 49.5 Å². The van der Waals surface area contributed by atoms with Gasteiger partial charge in [0.15, 0.2) is 0 Å². The van der Waals surface area contributed by atoms with Crippen LogP contribution in [0.2, 0.25) is 0 Å². The number of rotatable bonds is 11. The Morgan fingerprint density at radius 1 is 1.18 bits per heavy atom. The predicted molar refractivity (Wildman–Crippen MR) is 188 cm³/mol. The van der Waals surface area contributed by atoms with E-state index < -0.39 is 0 Å². The van der Waals surface area contributed by atoms with Crippen molar-refractivity contribution in [2.75, 3.05) is 25.5 Å². The van der Waals surface area contributed by atoms with Gasteiger partial charge in [-0.25, -0.2) is 9.97 Å². The lowest BCUT2D eigenvalue weighted by atomic mass is 9.88. The van der Waals surface area contributed by atoms with E-state index in [9.17, 15) is 4.79 Å². The fourth-order valence-electron chi connectivity index (χ4n) is 8.35. The monoisotopic (exact) mass is 622 g/mol. The van der Waals surface area contributed by atoms with Gasteiger partial charge in [0.25, 0.3) is 5.91 Å². The molecule has 7 atom stereocenters. The van der Waals surface area contributed by atoms with Gasteiger partial charge >= 0.3 is 0 Å². The minimum atomic E-state index is -0.00590. The number of allylic oxidation sites excluding steroid dienone is 2. The van der Waals surface area contributed by atoms with Crippen LogP contribution in [0.5, 0.6) is 0 Å². The molecule has 0 spiro atoms. The minimum absolute atomic E-state index is 0.00590. The van der Waals surface area contributed by atoms with E-state index in [0.717, 1.165) is 68.6 Å². The molecule has 7 nitrogen and oxygen atoms in total. The third-order valence-electron chi connectivity index (χ3n) is 10.9. The maximum absolute atomic E-state index is 13.3. The summed E-state index contributed by atoms with van der Waals surface area (Å²) in [5, 5.41) is 11.9. The maximum atomic E-state index is 13.3. The van der Waals surface area contributed by atoms with Gasteiger partial charge in [0, 0.05) is 60.5 Å². The predicted octanol–water partition coefficient (Wildman–Crippen LogP) is 8.00. The van der Waals surface area contributed by atoms with Gasteiger partial charge in [0.2, 0.25) is 0 Å². The number of hydrogen-bond donors (Lipinski definition) is 2. The number of hydrogen-bond acceptors (Lipinski definition) is 6. The highest BCUT2D eigenvalue weighted by atomic mass is 32.1. The van der Waals surface area contributed by atoms with E-state index in [4.69, 9.17) is 22.6 Å². The molecule has 236 valence electrons. The fraction of sp³-hybridized carbons (Fsp3) is 0.486. The second-order valence-electron chi connectivity index (χ2n) is 13.6. The van der Waals surface area contributed by atoms with Crippen molar-refractivity contribution in [2.24, 2.45) is 35.5 Å². The van der Waals surface area contributed by atoms with Crippen molar-refractivity contribution in [3.63, 3.8) is 0 Å². The smallest absolute Gasteiger partial charge is 0.253 e. The molecule has 2 N–H and O–H groups in total. The van der Waals surface area contributed by atoms with Gasteiger partial charge in [-0.2, -0.15) is 0 Å². The first kappa shape index (κ1) is 31.3. The summed E-state index contributed by atoms with van der Waals surface area (Å²) in [4.78, 5) is 25.6. The van der Waals surface area contributed by atoms with Crippen LogP contribution in [0, 0.1) is 40.9 Å². The summed E-state index contributed by atoms with van der Waals surface area (Å²) in [5.74, 6) is 4.62. The number of nitrogens with zero attached hydrogens (tertiary/aromatic N) is 4. The number of thiocarbonyl (C=S) groups is 1. The van der Waals surface area contributed by atoms with Crippen molar-refractivity contribution < 1.29 is 4.79 Å². The molecule has 45 heavy (non-hydrogen) atoms. The molecule has 2 aromatic heterocycles. The quantitative estimate of drug-likeness (QED) is 0.129. The van der Waals surface area contributed by atoms with Gasteiger partial charge in [-0.3, -0.25) is 4.79 Å². The molecule has 6 rings (SSSR count). The van der Waals surface area contributed by atoms with Crippen LogP contribution in [0.4, 0.5) is 5.82 Å². The first-order valence-electron chi connectivity index (χ1n) is 16.5. The van der Waals surface area contributed by atoms with E-state index in [0.29, 0.717) is 24.1 Å². The lowest BCUT2D eigenvalue weighted by Crippen LogP contribution is -2.31. The summed E-state index contributed by atoms with van der Waals surface area (Å²) in [6.07, 6.45) is 15.2. The van der Waals surface area contributed by atoms with E-state index in [1.54, 1.807) is 17.3 Å². The number of fused-ring (bicyclic) bond motifs is 3. The normalized spacial score (nSPS) is 26.4. The van der Waals surface area contributed by atoms with Gasteiger partial charge in [0.1, 0.15) is 17.8 Å². The van der Waals surface area contributed by atoms with E-state index in [1.807, 2.05) is 32.2 Å². The zero-order valence-corrected chi connectivity index (χ0v) is 27.8. The summed E-state index contributed by atoms with van der Waals surface area (Å²) >= 11 is 5.65. The molecule has 6 unspecified atom stereocenters. The number of nitrogens with one attached hydrogen (secondary N) is 2. The Morgan fingerprint density at radius 2 is 1.93 bits per heavy atom. The van der Waals surface area contributed by atoms with Crippen molar-refractivity contribution in [2.45, 2.75) is 58.9 Å². The second-order valence-corrected chi connectivity index (χ2v) is 14.0. The van der Waals surface area contributed by atoms with Gasteiger partial charge in [0.05, 0.1) is 5.39 Å². The molecule has 3 aromatic rings. The van der Waals surface area contributed by atoms with Crippen molar-refractivity contribution >= 4 is 46.1 Å². The van der Waals surface area contributed by atoms with E-state index in [2.05, 4.69) is 53.6 Å². The van der Waals surface area contributed by atoms with Crippen molar-refractivity contribution in [3.8, 4) is 11.1 Å². The van der Waals surface area contributed by atoms with E-state index in [-0.39, 0.29) is 11.8 Å². The van der Waals surface area contributed by atoms with Crippen LogP contribution in [0.1, 0.15) is 69.3 Å². The zero-order valence-electron chi connectivity index (χ0n) is 27.0. The first-order valence-corrected chi connectivity index (χ1v) is 16.9. The number of carbonyl (C=O) groups is 1. The van der Waals surface area contributed by atoms with Crippen molar-refractivity contribution in [1.29, 1.82) is 5.41 Å². The second kappa shape index (κ2) is 13.0. The standard InChI is InChI=1S/C37H46N6OS/c1-6-32(45)33-29-13-12-26-16-28(17-27(26)18-30(29)33)43-20-31(34-35(39-7-2)40-21-41-36(34)43)24-8-10-25(11-9-24)37(44)42(5)19-23(4)22(3)14-15-38/h6,8-11,14-15,20-21,23,26-30,33,38H,1,7,12-13,16-19H2,2-5H3,(H,39,40,41)/b22-14-,38-15?/t23-,26?,27?,28?,29?,30?,33?/m1/s1. The number of carbonyl (C=O) groups excluding carboxylic acids is 1. The highest BCUT2D eigenvalue weighted by Gasteiger charge is 2.55. The molecule has 8 heteroatoms. The Kier molecular flexibility index (Phi) is 9.05. The summed E-state index contributed by atoms with van der Waals surface area (Å²) in [7, 11) is 1.84.